The highest BCUT2D eigenvalue weighted by Gasteiger charge is 2.39. The predicted octanol–water partition coefficient (Wildman–Crippen LogP) is 5.61. The molecule has 4 aromatic heterocycles. The summed E-state index contributed by atoms with van der Waals surface area (Å²) in [6.07, 6.45) is 2.47. The Morgan fingerprint density at radius 2 is 1.65 bits per heavy atom. The van der Waals surface area contributed by atoms with E-state index in [1.807, 2.05) is 54.2 Å². The molecule has 0 radical (unpaired) electrons. The monoisotopic (exact) mass is 802 g/mol. The number of hydrogen-bond donors (Lipinski definition) is 5. The van der Waals surface area contributed by atoms with Crippen LogP contribution >= 0.6 is 11.6 Å². The van der Waals surface area contributed by atoms with Crippen molar-refractivity contribution in [3.8, 4) is 28.4 Å². The number of fused-ring (bicyclic) bond motifs is 2. The lowest BCUT2D eigenvalue weighted by Gasteiger charge is -2.21. The van der Waals surface area contributed by atoms with Crippen molar-refractivity contribution in [3.05, 3.63) is 81.9 Å². The maximum absolute atomic E-state index is 14.5. The van der Waals surface area contributed by atoms with E-state index in [2.05, 4.69) is 41.5 Å². The smallest absolute Gasteiger partial charge is 0.437 e. The molecule has 0 unspecified atom stereocenters. The molecule has 2 fully saturated rings. The van der Waals surface area contributed by atoms with Crippen LogP contribution < -0.4 is 31.3 Å². The van der Waals surface area contributed by atoms with Gasteiger partial charge in [-0.3, -0.25) is 14.6 Å². The van der Waals surface area contributed by atoms with E-state index >= 15 is 0 Å². The van der Waals surface area contributed by atoms with Crippen molar-refractivity contribution in [2.75, 3.05) is 25.5 Å². The molecule has 13 nitrogen and oxygen atoms in total. The molecule has 6 heterocycles. The highest BCUT2D eigenvalue weighted by atomic mass is 35.5. The zero-order chi connectivity index (χ0) is 39.8. The van der Waals surface area contributed by atoms with E-state index in [0.717, 1.165) is 39.7 Å². The largest absolute Gasteiger partial charge is 0.480 e. The number of halogens is 4. The van der Waals surface area contributed by atoms with Crippen LogP contribution in [0.25, 0.3) is 33.5 Å². The van der Waals surface area contributed by atoms with Gasteiger partial charge in [0.25, 0.3) is 0 Å². The van der Waals surface area contributed by atoms with E-state index in [4.69, 9.17) is 21.3 Å². The number of benzene rings is 1. The molecule has 1 aliphatic carbocycles. The second kappa shape index (κ2) is 15.9. The van der Waals surface area contributed by atoms with Gasteiger partial charge in [-0.2, -0.15) is 18.2 Å². The van der Waals surface area contributed by atoms with Crippen molar-refractivity contribution < 1.29 is 27.5 Å². The minimum Gasteiger partial charge on any atom is -0.480 e. The number of nitrogens with one attached hydrogen (secondary N) is 5. The summed E-state index contributed by atoms with van der Waals surface area (Å²) in [5.41, 5.74) is 5.21. The maximum Gasteiger partial charge on any atom is 0.437 e. The van der Waals surface area contributed by atoms with Crippen LogP contribution in [0.15, 0.2) is 48.8 Å². The summed E-state index contributed by atoms with van der Waals surface area (Å²) < 4.78 is 50.8. The van der Waals surface area contributed by atoms with Crippen LogP contribution in [0, 0.1) is 0 Å². The van der Waals surface area contributed by atoms with Crippen LogP contribution in [-0.4, -0.2) is 68.6 Å². The molecule has 17 heteroatoms. The lowest BCUT2D eigenvalue weighted by Crippen LogP contribution is -2.35. The van der Waals surface area contributed by atoms with Gasteiger partial charge in [-0.15, -0.1) is 0 Å². The van der Waals surface area contributed by atoms with Gasteiger partial charge in [0, 0.05) is 87.1 Å². The van der Waals surface area contributed by atoms with Gasteiger partial charge in [0.1, 0.15) is 11.3 Å². The summed E-state index contributed by atoms with van der Waals surface area (Å²) in [7, 11) is 3.29. The highest BCUT2D eigenvalue weighted by molar-refractivity contribution is 6.35. The van der Waals surface area contributed by atoms with Crippen LogP contribution in [0.1, 0.15) is 66.2 Å². The lowest BCUT2D eigenvalue weighted by molar-refractivity contribution is -0.141. The predicted molar refractivity (Wildman–Crippen MR) is 208 cm³/mol. The first-order valence-electron chi connectivity index (χ1n) is 19.0. The normalized spacial score (nSPS) is 19.2. The molecule has 3 atom stereocenters. The Balaban J connectivity index is 1.02. The van der Waals surface area contributed by atoms with Crippen molar-refractivity contribution in [3.63, 3.8) is 0 Å². The van der Waals surface area contributed by atoms with Crippen LogP contribution in [-0.2, 0) is 42.3 Å². The summed E-state index contributed by atoms with van der Waals surface area (Å²) in [6, 6.07) is 11.0. The summed E-state index contributed by atoms with van der Waals surface area (Å²) in [5, 5.41) is 16.8. The van der Waals surface area contributed by atoms with Gasteiger partial charge < -0.3 is 35.9 Å². The zero-order valence-corrected chi connectivity index (χ0v) is 32.2. The molecule has 5 aromatic rings. The molecule has 57 heavy (non-hydrogen) atoms. The van der Waals surface area contributed by atoms with Gasteiger partial charge in [-0.1, -0.05) is 29.8 Å². The molecule has 2 amide bonds. The standard InChI is InChI=1S/C40H42ClF3N10O3/c1-54-20-21(16-45-17-22-6-12-32(55)48-22)24-8-10-30(52-38(24)54)28-14-15-47-35(34(28)41)27-5-3-4-26-25(27)9-11-29(26)51-37-36(40(42,43)44)50-31(39(53-37)57-2)19-46-18-23-7-13-33(56)49-23/h3-5,8,10,14-15,20,22-23,29,45-46H,6-7,9,11-13,16-19H2,1-2H3,(H,48,55)(H,49,56)(H,51,53)/t22-,23+,29-/m0/s1. The molecule has 2 aliphatic heterocycles. The second-order valence-corrected chi connectivity index (χ2v) is 15.1. The zero-order valence-electron chi connectivity index (χ0n) is 31.4. The molecule has 298 valence electrons. The third-order valence-electron chi connectivity index (χ3n) is 10.9. The first kappa shape index (κ1) is 38.5. The molecule has 0 bridgehead atoms. The van der Waals surface area contributed by atoms with E-state index in [9.17, 15) is 22.8 Å². The van der Waals surface area contributed by atoms with Gasteiger partial charge in [0.2, 0.25) is 17.7 Å². The van der Waals surface area contributed by atoms with Crippen molar-refractivity contribution in [1.82, 2.24) is 45.8 Å². The van der Waals surface area contributed by atoms with E-state index in [1.165, 1.54) is 7.11 Å². The third-order valence-corrected chi connectivity index (χ3v) is 11.2. The van der Waals surface area contributed by atoms with Gasteiger partial charge >= 0.3 is 6.18 Å². The van der Waals surface area contributed by atoms with Crippen LogP contribution in [0.3, 0.4) is 0 Å². The number of methoxy groups -OCH3 is 1. The first-order chi connectivity index (χ1) is 27.5. The van der Waals surface area contributed by atoms with Crippen LogP contribution in [0.2, 0.25) is 5.02 Å². The van der Waals surface area contributed by atoms with E-state index < -0.39 is 23.7 Å². The number of rotatable bonds is 13. The number of carbonyl (C=O) groups is 2. The van der Waals surface area contributed by atoms with E-state index in [1.54, 1.807) is 6.20 Å². The van der Waals surface area contributed by atoms with E-state index in [-0.39, 0.29) is 42.0 Å². The fourth-order valence-corrected chi connectivity index (χ4v) is 8.39. The minimum absolute atomic E-state index is 0.0135. The molecule has 2 saturated heterocycles. The fraction of sp³-hybridized carbons (Fsp3) is 0.400. The number of pyridine rings is 2. The minimum atomic E-state index is -4.79. The Kier molecular flexibility index (Phi) is 10.8. The van der Waals surface area contributed by atoms with Crippen molar-refractivity contribution >= 4 is 40.3 Å². The number of aromatic nitrogens is 5. The molecule has 3 aliphatic rings. The fourth-order valence-electron chi connectivity index (χ4n) is 8.08. The second-order valence-electron chi connectivity index (χ2n) is 14.7. The van der Waals surface area contributed by atoms with Gasteiger partial charge in [0.05, 0.1) is 29.6 Å². The third kappa shape index (κ3) is 7.98. The Labute approximate surface area is 331 Å². The highest BCUT2D eigenvalue weighted by Crippen LogP contribution is 2.44. The molecule has 0 saturated carbocycles. The first-order valence-corrected chi connectivity index (χ1v) is 19.4. The molecule has 8 rings (SSSR count). The number of ether oxygens (including phenoxy) is 1. The summed E-state index contributed by atoms with van der Waals surface area (Å²) in [6.45, 7) is 1.67. The average Bonchev–Trinajstić information content (AvgIpc) is 3.98. The van der Waals surface area contributed by atoms with Gasteiger partial charge in [0.15, 0.2) is 11.5 Å². The Morgan fingerprint density at radius 1 is 0.912 bits per heavy atom. The number of nitrogens with zero attached hydrogens (tertiary/aromatic N) is 5. The number of hydrogen-bond acceptors (Lipinski definition) is 10. The summed E-state index contributed by atoms with van der Waals surface area (Å²) >= 11 is 7.14. The Hall–Kier alpha value is -5.32. The van der Waals surface area contributed by atoms with Gasteiger partial charge in [-0.25, -0.2) is 9.97 Å². The van der Waals surface area contributed by atoms with Crippen molar-refractivity contribution in [1.29, 1.82) is 0 Å². The number of carbonyl (C=O) groups excluding carboxylic acids is 2. The molecule has 5 N–H and O–H groups in total. The molecule has 0 spiro atoms. The number of anilines is 1. The van der Waals surface area contributed by atoms with Crippen LogP contribution in [0.4, 0.5) is 19.0 Å². The summed E-state index contributed by atoms with van der Waals surface area (Å²) in [5.74, 6) is -0.404. The Morgan fingerprint density at radius 3 is 2.33 bits per heavy atom. The number of alkyl halides is 3. The SMILES string of the molecule is COc1nc(N[C@H]2CCc3c(-c4nccc(-c5ccc6c(CNC[C@@H]7CCC(=O)N7)cn(C)c6n5)c4Cl)cccc32)c(C(F)(F)F)nc1CNC[C@H]1CCC(=O)N1. The summed E-state index contributed by atoms with van der Waals surface area (Å²) in [4.78, 5) is 41.0. The average molecular weight is 803 g/mol. The van der Waals surface area contributed by atoms with Crippen molar-refractivity contribution in [2.24, 2.45) is 7.05 Å². The number of amides is 2. The topological polar surface area (TPSA) is 160 Å². The molecular weight excluding hydrogens is 761 g/mol. The quantitative estimate of drug-likeness (QED) is 0.101. The van der Waals surface area contributed by atoms with Gasteiger partial charge in [-0.05, 0) is 60.6 Å². The van der Waals surface area contributed by atoms with Crippen molar-refractivity contribution in [2.45, 2.75) is 75.9 Å². The lowest BCUT2D eigenvalue weighted by atomic mass is 9.98. The van der Waals surface area contributed by atoms with Crippen LogP contribution in [0.5, 0.6) is 5.88 Å². The molecule has 1 aromatic carbocycles. The number of aryl methyl sites for hydroxylation is 1. The Bertz CT molecular complexity index is 2350. The van der Waals surface area contributed by atoms with E-state index in [0.29, 0.717) is 73.7 Å². The molecular formula is C40H42ClF3N10O3. The maximum atomic E-state index is 14.5.